The van der Waals surface area contributed by atoms with Gasteiger partial charge in [-0.2, -0.15) is 0 Å². The Labute approximate surface area is 177 Å². The Balaban J connectivity index is 1.83. The fourth-order valence-electron chi connectivity index (χ4n) is 4.43. The minimum atomic E-state index is -1.23. The Bertz CT molecular complexity index is 1100. The quantitative estimate of drug-likeness (QED) is 0.384. The van der Waals surface area contributed by atoms with E-state index in [9.17, 15) is 9.59 Å². The van der Waals surface area contributed by atoms with Gasteiger partial charge in [0.25, 0.3) is 0 Å². The molecule has 30 heavy (non-hydrogen) atoms. The average Bonchev–Trinajstić information content (AvgIpc) is 3.01. The molecule has 0 amide bonds. The summed E-state index contributed by atoms with van der Waals surface area (Å²) in [7, 11) is 0. The van der Waals surface area contributed by atoms with Gasteiger partial charge in [-0.3, -0.25) is 9.59 Å². The normalized spacial score (nSPS) is 15.7. The standard InChI is InChI=1S/C28H22O2/c1-2-12-25(22-16-7-4-8-17-22)28(20-11-15-21-13-5-3-6-14-21)26(29)23-18-9-10-19-24(23)27(28)30/h1,3-11,13-19,25H,12,20H2/b15-11+. The van der Waals surface area contributed by atoms with Gasteiger partial charge in [0.1, 0.15) is 5.41 Å². The molecule has 2 nitrogen and oxygen atoms in total. The van der Waals surface area contributed by atoms with Gasteiger partial charge < -0.3 is 0 Å². The third kappa shape index (κ3) is 3.29. The predicted molar refractivity (Wildman–Crippen MR) is 120 cm³/mol. The van der Waals surface area contributed by atoms with Gasteiger partial charge in [0.15, 0.2) is 11.6 Å². The summed E-state index contributed by atoms with van der Waals surface area (Å²) in [6.45, 7) is 0. The van der Waals surface area contributed by atoms with Crippen LogP contribution < -0.4 is 0 Å². The second-order valence-electron chi connectivity index (χ2n) is 7.56. The molecule has 1 aliphatic carbocycles. The molecule has 0 N–H and O–H groups in total. The molecule has 3 aromatic carbocycles. The number of rotatable bonds is 6. The zero-order chi connectivity index (χ0) is 21.0. The number of carbonyl (C=O) groups excluding carboxylic acids is 2. The molecule has 1 aliphatic rings. The number of hydrogen-bond donors (Lipinski definition) is 0. The van der Waals surface area contributed by atoms with Crippen molar-refractivity contribution in [2.24, 2.45) is 5.41 Å². The van der Waals surface area contributed by atoms with Crippen LogP contribution in [0.1, 0.15) is 50.6 Å². The third-order valence-electron chi connectivity index (χ3n) is 5.90. The van der Waals surface area contributed by atoms with Crippen molar-refractivity contribution in [2.75, 3.05) is 0 Å². The summed E-state index contributed by atoms with van der Waals surface area (Å²) >= 11 is 0. The SMILES string of the molecule is C#CCC(c1ccccc1)C1(C/C=C/c2ccccc2)C(=O)c2ccccc2C1=O. The number of hydrogen-bond acceptors (Lipinski definition) is 2. The van der Waals surface area contributed by atoms with Crippen molar-refractivity contribution < 1.29 is 9.59 Å². The summed E-state index contributed by atoms with van der Waals surface area (Å²) in [5.41, 5.74) is 1.69. The first-order valence-corrected chi connectivity index (χ1v) is 10.1. The molecule has 0 saturated carbocycles. The van der Waals surface area contributed by atoms with Crippen LogP contribution in [0.25, 0.3) is 6.08 Å². The van der Waals surface area contributed by atoms with E-state index < -0.39 is 11.3 Å². The Hall–Kier alpha value is -3.70. The zero-order valence-electron chi connectivity index (χ0n) is 16.6. The van der Waals surface area contributed by atoms with E-state index in [1.54, 1.807) is 24.3 Å². The van der Waals surface area contributed by atoms with Crippen LogP contribution in [-0.2, 0) is 0 Å². The van der Waals surface area contributed by atoms with Crippen LogP contribution in [0, 0.1) is 17.8 Å². The number of Topliss-reactive ketones (excluding diaryl/α,β-unsaturated/α-hetero) is 2. The van der Waals surface area contributed by atoms with Gasteiger partial charge in [-0.25, -0.2) is 0 Å². The first-order chi connectivity index (χ1) is 14.7. The number of carbonyl (C=O) groups is 2. The number of fused-ring (bicyclic) bond motifs is 1. The molecule has 4 rings (SSSR count). The Kier molecular flexibility index (Phi) is 5.46. The van der Waals surface area contributed by atoms with Gasteiger partial charge in [-0.05, 0) is 17.5 Å². The van der Waals surface area contributed by atoms with Crippen molar-refractivity contribution in [3.63, 3.8) is 0 Å². The summed E-state index contributed by atoms with van der Waals surface area (Å²) in [6.07, 6.45) is 10.2. The highest BCUT2D eigenvalue weighted by Crippen LogP contribution is 2.51. The van der Waals surface area contributed by atoms with E-state index in [1.807, 2.05) is 72.8 Å². The number of terminal acetylenes is 1. The van der Waals surface area contributed by atoms with E-state index in [2.05, 4.69) is 5.92 Å². The summed E-state index contributed by atoms with van der Waals surface area (Å²) in [5.74, 6) is 2.05. The van der Waals surface area contributed by atoms with Crippen LogP contribution in [0.4, 0.5) is 0 Å². The monoisotopic (exact) mass is 390 g/mol. The van der Waals surface area contributed by atoms with Gasteiger partial charge in [0, 0.05) is 23.5 Å². The van der Waals surface area contributed by atoms with E-state index in [4.69, 9.17) is 6.42 Å². The zero-order valence-corrected chi connectivity index (χ0v) is 16.6. The molecular weight excluding hydrogens is 368 g/mol. The van der Waals surface area contributed by atoms with Gasteiger partial charge in [0.2, 0.25) is 0 Å². The lowest BCUT2D eigenvalue weighted by Gasteiger charge is -2.33. The van der Waals surface area contributed by atoms with E-state index >= 15 is 0 Å². The Morgan fingerprint density at radius 3 is 1.90 bits per heavy atom. The van der Waals surface area contributed by atoms with Crippen molar-refractivity contribution in [1.29, 1.82) is 0 Å². The minimum absolute atomic E-state index is 0.134. The number of ketones is 2. The summed E-state index contributed by atoms with van der Waals surface area (Å²) in [5, 5.41) is 0. The summed E-state index contributed by atoms with van der Waals surface area (Å²) in [6, 6.07) is 26.6. The molecule has 0 fully saturated rings. The van der Waals surface area contributed by atoms with Crippen LogP contribution in [0.5, 0.6) is 0 Å². The minimum Gasteiger partial charge on any atom is -0.293 e. The second-order valence-corrected chi connectivity index (χ2v) is 7.56. The maximum Gasteiger partial charge on any atom is 0.178 e. The first kappa shape index (κ1) is 19.6. The molecule has 0 heterocycles. The number of benzene rings is 3. The van der Waals surface area contributed by atoms with Crippen molar-refractivity contribution >= 4 is 17.6 Å². The van der Waals surface area contributed by atoms with Gasteiger partial charge in [0.05, 0.1) is 0 Å². The highest BCUT2D eigenvalue weighted by atomic mass is 16.2. The lowest BCUT2D eigenvalue weighted by molar-refractivity contribution is 0.0654. The lowest BCUT2D eigenvalue weighted by Crippen LogP contribution is -2.39. The van der Waals surface area contributed by atoms with Gasteiger partial charge >= 0.3 is 0 Å². The maximum absolute atomic E-state index is 13.7. The molecule has 1 unspecified atom stereocenters. The lowest BCUT2D eigenvalue weighted by atomic mass is 9.65. The molecule has 1 atom stereocenters. The Morgan fingerprint density at radius 2 is 1.33 bits per heavy atom. The van der Waals surface area contributed by atoms with Crippen molar-refractivity contribution in [3.05, 3.63) is 113 Å². The summed E-state index contributed by atoms with van der Waals surface area (Å²) < 4.78 is 0. The summed E-state index contributed by atoms with van der Waals surface area (Å²) in [4.78, 5) is 27.5. The molecule has 3 aromatic rings. The maximum atomic E-state index is 13.7. The van der Waals surface area contributed by atoms with E-state index in [0.29, 0.717) is 24.0 Å². The van der Waals surface area contributed by atoms with Crippen LogP contribution in [0.2, 0.25) is 0 Å². The largest absolute Gasteiger partial charge is 0.293 e. The highest BCUT2D eigenvalue weighted by Gasteiger charge is 2.56. The third-order valence-corrected chi connectivity index (χ3v) is 5.90. The fraction of sp³-hybridized carbons (Fsp3) is 0.143. The topological polar surface area (TPSA) is 34.1 Å². The average molecular weight is 390 g/mol. The molecular formula is C28H22O2. The fourth-order valence-corrected chi connectivity index (χ4v) is 4.43. The van der Waals surface area contributed by atoms with Crippen LogP contribution in [0.3, 0.4) is 0 Å². The molecule has 0 bridgehead atoms. The molecule has 146 valence electrons. The van der Waals surface area contributed by atoms with Crippen LogP contribution in [-0.4, -0.2) is 11.6 Å². The predicted octanol–water partition coefficient (Wildman–Crippen LogP) is 5.96. The molecule has 2 heteroatoms. The van der Waals surface area contributed by atoms with Gasteiger partial charge in [-0.15, -0.1) is 12.3 Å². The highest BCUT2D eigenvalue weighted by molar-refractivity contribution is 6.30. The molecule has 0 aliphatic heterocycles. The van der Waals surface area contributed by atoms with E-state index in [1.165, 1.54) is 0 Å². The molecule has 0 saturated heterocycles. The second kappa shape index (κ2) is 8.35. The van der Waals surface area contributed by atoms with Crippen LogP contribution in [0.15, 0.2) is 91.0 Å². The molecule has 0 radical (unpaired) electrons. The van der Waals surface area contributed by atoms with Gasteiger partial charge in [-0.1, -0.05) is 97.1 Å². The Morgan fingerprint density at radius 1 is 0.800 bits per heavy atom. The van der Waals surface area contributed by atoms with Crippen molar-refractivity contribution in [3.8, 4) is 12.3 Å². The van der Waals surface area contributed by atoms with Crippen molar-refractivity contribution in [1.82, 2.24) is 0 Å². The van der Waals surface area contributed by atoms with E-state index in [0.717, 1.165) is 11.1 Å². The number of allylic oxidation sites excluding steroid dienone is 1. The molecule has 0 spiro atoms. The van der Waals surface area contributed by atoms with Crippen LogP contribution >= 0.6 is 0 Å². The smallest absolute Gasteiger partial charge is 0.178 e. The van der Waals surface area contributed by atoms with Crippen molar-refractivity contribution in [2.45, 2.75) is 18.8 Å². The molecule has 0 aromatic heterocycles. The first-order valence-electron chi connectivity index (χ1n) is 10.1. The van der Waals surface area contributed by atoms with E-state index in [-0.39, 0.29) is 11.6 Å².